The molecular formula is C16H20O2. The van der Waals surface area contributed by atoms with Crippen molar-refractivity contribution in [2.24, 2.45) is 5.92 Å². The lowest BCUT2D eigenvalue weighted by Crippen LogP contribution is -2.17. The Bertz CT molecular complexity index is 417. The first-order valence-electron chi connectivity index (χ1n) is 6.68. The fraction of sp³-hybridized carbons (Fsp3) is 0.438. The van der Waals surface area contributed by atoms with E-state index in [1.54, 1.807) is 0 Å². The van der Waals surface area contributed by atoms with Crippen molar-refractivity contribution >= 4 is 11.9 Å². The minimum Gasteiger partial charge on any atom is -0.392 e. The largest absolute Gasteiger partial charge is 0.392 e. The van der Waals surface area contributed by atoms with Gasteiger partial charge >= 0.3 is 0 Å². The van der Waals surface area contributed by atoms with Crippen LogP contribution in [-0.2, 0) is 11.4 Å². The average molecular weight is 244 g/mol. The van der Waals surface area contributed by atoms with E-state index < -0.39 is 0 Å². The maximum atomic E-state index is 11.7. The summed E-state index contributed by atoms with van der Waals surface area (Å²) in [5.74, 6) is 0.674. The molecule has 0 bridgehead atoms. The maximum absolute atomic E-state index is 11.7. The SMILES string of the molecule is O=C1CCCCC1C/C=C/c1ccc(CO)cc1. The molecule has 0 aromatic heterocycles. The number of Topliss-reactive ketones (excluding diaryl/α,β-unsaturated/α-hetero) is 1. The molecule has 0 aliphatic heterocycles. The highest BCUT2D eigenvalue weighted by Crippen LogP contribution is 2.24. The molecule has 96 valence electrons. The van der Waals surface area contributed by atoms with Crippen molar-refractivity contribution in [1.29, 1.82) is 0 Å². The molecule has 1 aromatic rings. The molecule has 1 unspecified atom stereocenters. The summed E-state index contributed by atoms with van der Waals surface area (Å²) in [6.45, 7) is 0.0839. The number of allylic oxidation sites excluding steroid dienone is 1. The van der Waals surface area contributed by atoms with Crippen LogP contribution in [0.15, 0.2) is 30.3 Å². The van der Waals surface area contributed by atoms with Crippen molar-refractivity contribution < 1.29 is 9.90 Å². The number of rotatable bonds is 4. The van der Waals surface area contributed by atoms with E-state index in [1.165, 1.54) is 6.42 Å². The van der Waals surface area contributed by atoms with Gasteiger partial charge in [-0.05, 0) is 30.4 Å². The zero-order chi connectivity index (χ0) is 12.8. The van der Waals surface area contributed by atoms with Gasteiger partial charge in [0.15, 0.2) is 0 Å². The Morgan fingerprint density at radius 3 is 2.67 bits per heavy atom. The van der Waals surface area contributed by atoms with Crippen LogP contribution in [0.4, 0.5) is 0 Å². The second-order valence-corrected chi connectivity index (χ2v) is 4.95. The minimum atomic E-state index is 0.0839. The Kier molecular flexibility index (Phi) is 4.71. The van der Waals surface area contributed by atoms with Gasteiger partial charge in [-0.15, -0.1) is 0 Å². The first kappa shape index (κ1) is 13.0. The molecule has 0 saturated heterocycles. The number of aliphatic hydroxyl groups excluding tert-OH is 1. The van der Waals surface area contributed by atoms with E-state index in [9.17, 15) is 4.79 Å². The van der Waals surface area contributed by atoms with Gasteiger partial charge in [-0.25, -0.2) is 0 Å². The van der Waals surface area contributed by atoms with E-state index >= 15 is 0 Å². The van der Waals surface area contributed by atoms with E-state index in [1.807, 2.05) is 24.3 Å². The van der Waals surface area contributed by atoms with Crippen molar-refractivity contribution in [1.82, 2.24) is 0 Å². The summed E-state index contributed by atoms with van der Waals surface area (Å²) in [5.41, 5.74) is 2.05. The number of hydrogen-bond acceptors (Lipinski definition) is 2. The number of carbonyl (C=O) groups excluding carboxylic acids is 1. The highest BCUT2D eigenvalue weighted by molar-refractivity contribution is 5.81. The second kappa shape index (κ2) is 6.50. The quantitative estimate of drug-likeness (QED) is 0.882. The van der Waals surface area contributed by atoms with Crippen LogP contribution in [0.3, 0.4) is 0 Å². The Morgan fingerprint density at radius 2 is 2.00 bits per heavy atom. The third kappa shape index (κ3) is 3.54. The first-order chi connectivity index (χ1) is 8.79. The van der Waals surface area contributed by atoms with Crippen LogP contribution >= 0.6 is 0 Å². The van der Waals surface area contributed by atoms with Crippen molar-refractivity contribution in [2.75, 3.05) is 0 Å². The van der Waals surface area contributed by atoms with Crippen LogP contribution in [0.1, 0.15) is 43.2 Å². The molecular weight excluding hydrogens is 224 g/mol. The van der Waals surface area contributed by atoms with Gasteiger partial charge in [0.2, 0.25) is 0 Å². The smallest absolute Gasteiger partial charge is 0.136 e. The molecule has 18 heavy (non-hydrogen) atoms. The Balaban J connectivity index is 1.88. The second-order valence-electron chi connectivity index (χ2n) is 4.95. The molecule has 1 N–H and O–H groups in total. The fourth-order valence-corrected chi connectivity index (χ4v) is 2.41. The summed E-state index contributed by atoms with van der Waals surface area (Å²) in [7, 11) is 0. The summed E-state index contributed by atoms with van der Waals surface area (Å²) in [5, 5.41) is 8.95. The van der Waals surface area contributed by atoms with Gasteiger partial charge < -0.3 is 5.11 Å². The molecule has 2 nitrogen and oxygen atoms in total. The lowest BCUT2D eigenvalue weighted by atomic mass is 9.85. The Hall–Kier alpha value is -1.41. The van der Waals surface area contributed by atoms with Crippen LogP contribution in [0.2, 0.25) is 0 Å². The number of ketones is 1. The van der Waals surface area contributed by atoms with E-state index in [2.05, 4.69) is 12.2 Å². The van der Waals surface area contributed by atoms with Crippen LogP contribution in [0.5, 0.6) is 0 Å². The van der Waals surface area contributed by atoms with Gasteiger partial charge in [0.25, 0.3) is 0 Å². The first-order valence-corrected chi connectivity index (χ1v) is 6.68. The van der Waals surface area contributed by atoms with Crippen molar-refractivity contribution in [2.45, 2.75) is 38.7 Å². The van der Waals surface area contributed by atoms with Gasteiger partial charge in [-0.2, -0.15) is 0 Å². The molecule has 1 atom stereocenters. The molecule has 0 amide bonds. The lowest BCUT2D eigenvalue weighted by molar-refractivity contribution is -0.124. The molecule has 0 radical (unpaired) electrons. The average Bonchev–Trinajstić information content (AvgIpc) is 2.42. The lowest BCUT2D eigenvalue weighted by Gasteiger charge is -2.18. The monoisotopic (exact) mass is 244 g/mol. The van der Waals surface area contributed by atoms with E-state index in [-0.39, 0.29) is 12.5 Å². The predicted molar refractivity (Wildman–Crippen MR) is 73.0 cm³/mol. The van der Waals surface area contributed by atoms with Crippen LogP contribution < -0.4 is 0 Å². The van der Waals surface area contributed by atoms with Gasteiger partial charge in [-0.1, -0.05) is 42.8 Å². The number of benzene rings is 1. The molecule has 1 fully saturated rings. The number of carbonyl (C=O) groups is 1. The van der Waals surface area contributed by atoms with E-state index in [4.69, 9.17) is 5.11 Å². The molecule has 1 aromatic carbocycles. The topological polar surface area (TPSA) is 37.3 Å². The summed E-state index contributed by atoms with van der Waals surface area (Å²) in [6.07, 6.45) is 9.10. The van der Waals surface area contributed by atoms with Gasteiger partial charge in [-0.3, -0.25) is 4.79 Å². The van der Waals surface area contributed by atoms with Crippen LogP contribution in [-0.4, -0.2) is 10.9 Å². The highest BCUT2D eigenvalue weighted by Gasteiger charge is 2.20. The zero-order valence-corrected chi connectivity index (χ0v) is 10.6. The molecule has 2 heteroatoms. The number of aliphatic hydroxyl groups is 1. The van der Waals surface area contributed by atoms with E-state index in [0.717, 1.165) is 36.8 Å². The third-order valence-corrected chi connectivity index (χ3v) is 3.57. The van der Waals surface area contributed by atoms with Crippen LogP contribution in [0.25, 0.3) is 6.08 Å². The third-order valence-electron chi connectivity index (χ3n) is 3.57. The summed E-state index contributed by atoms with van der Waals surface area (Å²) in [4.78, 5) is 11.7. The molecule has 2 rings (SSSR count). The predicted octanol–water partition coefficient (Wildman–Crippen LogP) is 3.34. The zero-order valence-electron chi connectivity index (χ0n) is 10.6. The maximum Gasteiger partial charge on any atom is 0.136 e. The molecule has 1 aliphatic rings. The van der Waals surface area contributed by atoms with Crippen molar-refractivity contribution in [3.05, 3.63) is 41.5 Å². The van der Waals surface area contributed by atoms with Gasteiger partial charge in [0.05, 0.1) is 6.61 Å². The number of hydrogen-bond donors (Lipinski definition) is 1. The summed E-state index contributed by atoms with van der Waals surface area (Å²) >= 11 is 0. The summed E-state index contributed by atoms with van der Waals surface area (Å²) in [6, 6.07) is 7.83. The van der Waals surface area contributed by atoms with Gasteiger partial charge in [0, 0.05) is 12.3 Å². The van der Waals surface area contributed by atoms with E-state index in [0.29, 0.717) is 5.78 Å². The summed E-state index contributed by atoms with van der Waals surface area (Å²) < 4.78 is 0. The molecule has 1 aliphatic carbocycles. The van der Waals surface area contributed by atoms with Crippen LogP contribution in [0, 0.1) is 5.92 Å². The Labute approximate surface area is 108 Å². The van der Waals surface area contributed by atoms with Crippen molar-refractivity contribution in [3.8, 4) is 0 Å². The normalized spacial score (nSPS) is 20.5. The van der Waals surface area contributed by atoms with Gasteiger partial charge in [0.1, 0.15) is 5.78 Å². The minimum absolute atomic E-state index is 0.0839. The molecule has 0 heterocycles. The highest BCUT2D eigenvalue weighted by atomic mass is 16.3. The molecule has 1 saturated carbocycles. The van der Waals surface area contributed by atoms with Crippen molar-refractivity contribution in [3.63, 3.8) is 0 Å². The molecule has 0 spiro atoms. The Morgan fingerprint density at radius 1 is 1.22 bits per heavy atom. The fourth-order valence-electron chi connectivity index (χ4n) is 2.41. The standard InChI is InChI=1S/C16H20O2/c17-12-14-10-8-13(9-11-14)4-3-6-15-5-1-2-7-16(15)18/h3-4,8-11,15,17H,1-2,5-7,12H2/b4-3+.